The lowest BCUT2D eigenvalue weighted by molar-refractivity contribution is -0.157. The van der Waals surface area contributed by atoms with Gasteiger partial charge in [-0.05, 0) is 44.4 Å². The van der Waals surface area contributed by atoms with Crippen molar-refractivity contribution >= 4 is 16.0 Å². The Morgan fingerprint density at radius 1 is 1.00 bits per heavy atom. The van der Waals surface area contributed by atoms with Crippen LogP contribution in [0, 0.1) is 18.8 Å². The molecular formula is C25H35NO6S. The first-order chi connectivity index (χ1) is 15.5. The summed E-state index contributed by atoms with van der Waals surface area (Å²) in [6.45, 7) is 9.00. The van der Waals surface area contributed by atoms with Crippen molar-refractivity contribution in [3.05, 3.63) is 65.7 Å². The topological polar surface area (TPSA) is 102 Å². The lowest BCUT2D eigenvalue weighted by atomic mass is 10.0. The van der Waals surface area contributed by atoms with Gasteiger partial charge in [0, 0.05) is 0 Å². The lowest BCUT2D eigenvalue weighted by Crippen LogP contribution is -2.43. The van der Waals surface area contributed by atoms with Gasteiger partial charge in [0.2, 0.25) is 10.0 Å². The first-order valence-electron chi connectivity index (χ1n) is 11.1. The molecule has 0 aliphatic heterocycles. The van der Waals surface area contributed by atoms with Gasteiger partial charge in [-0.25, -0.2) is 13.1 Å². The van der Waals surface area contributed by atoms with Crippen molar-refractivity contribution in [3.8, 4) is 0 Å². The van der Waals surface area contributed by atoms with E-state index in [1.54, 1.807) is 26.0 Å². The molecule has 0 bridgehead atoms. The van der Waals surface area contributed by atoms with E-state index in [4.69, 9.17) is 9.47 Å². The Labute approximate surface area is 197 Å². The molecule has 0 aliphatic rings. The van der Waals surface area contributed by atoms with Crippen LogP contribution >= 0.6 is 0 Å². The number of aliphatic hydroxyl groups excluding tert-OH is 1. The zero-order valence-electron chi connectivity index (χ0n) is 19.9. The van der Waals surface area contributed by atoms with Crippen LogP contribution in [0.3, 0.4) is 0 Å². The highest BCUT2D eigenvalue weighted by Crippen LogP contribution is 2.16. The number of esters is 1. The highest BCUT2D eigenvalue weighted by Gasteiger charge is 2.30. The summed E-state index contributed by atoms with van der Waals surface area (Å²) in [5.41, 5.74) is 1.92. The lowest BCUT2D eigenvalue weighted by Gasteiger charge is -2.26. The maximum absolute atomic E-state index is 12.7. The molecule has 0 amide bonds. The summed E-state index contributed by atoms with van der Waals surface area (Å²) in [5, 5.41) is 10.5. The summed E-state index contributed by atoms with van der Waals surface area (Å²) in [6.07, 6.45) is -1.66. The van der Waals surface area contributed by atoms with Gasteiger partial charge < -0.3 is 14.6 Å². The number of rotatable bonds is 12. The van der Waals surface area contributed by atoms with E-state index in [0.29, 0.717) is 6.61 Å². The number of hydrogen-bond acceptors (Lipinski definition) is 6. The number of nitrogens with one attached hydrogen (secondary N) is 1. The maximum Gasteiger partial charge on any atom is 0.311 e. The minimum Gasteiger partial charge on any atom is -0.464 e. The molecule has 0 saturated carbocycles. The van der Waals surface area contributed by atoms with E-state index in [-0.39, 0.29) is 17.4 Å². The average molecular weight is 478 g/mol. The third-order valence-electron chi connectivity index (χ3n) is 5.57. The molecule has 0 radical (unpaired) electrons. The van der Waals surface area contributed by atoms with Crippen molar-refractivity contribution in [3.63, 3.8) is 0 Å². The van der Waals surface area contributed by atoms with Crippen molar-refractivity contribution in [2.75, 3.05) is 6.61 Å². The molecule has 0 aromatic heterocycles. The van der Waals surface area contributed by atoms with Crippen LogP contribution in [0.15, 0.2) is 59.5 Å². The SMILES string of the molecule is Cc1ccc(S(=O)(=O)N[C@H](COC(=O)[C@@H](C)[C@H](O)[C@@H](C)OCc2ccccc2)C(C)C)cc1. The predicted octanol–water partition coefficient (Wildman–Crippen LogP) is 3.44. The maximum atomic E-state index is 12.7. The zero-order chi connectivity index (χ0) is 24.6. The van der Waals surface area contributed by atoms with Gasteiger partial charge in [-0.3, -0.25) is 4.79 Å². The van der Waals surface area contributed by atoms with Crippen LogP contribution in [-0.2, 0) is 30.9 Å². The fourth-order valence-corrected chi connectivity index (χ4v) is 4.47. The highest BCUT2D eigenvalue weighted by atomic mass is 32.2. The third kappa shape index (κ3) is 8.23. The Morgan fingerprint density at radius 3 is 2.18 bits per heavy atom. The Kier molecular flexibility index (Phi) is 10.0. The number of ether oxygens (including phenoxy) is 2. The van der Waals surface area contributed by atoms with Gasteiger partial charge in [-0.1, -0.05) is 61.9 Å². The van der Waals surface area contributed by atoms with Gasteiger partial charge in [0.1, 0.15) is 6.61 Å². The second-order valence-corrected chi connectivity index (χ2v) is 10.4. The van der Waals surface area contributed by atoms with Gasteiger partial charge in [-0.2, -0.15) is 0 Å². The molecule has 0 spiro atoms. The molecule has 2 aromatic rings. The normalized spacial score (nSPS) is 15.6. The van der Waals surface area contributed by atoms with E-state index < -0.39 is 40.2 Å². The number of hydrogen-bond donors (Lipinski definition) is 2. The zero-order valence-corrected chi connectivity index (χ0v) is 20.7. The molecule has 2 rings (SSSR count). The van der Waals surface area contributed by atoms with E-state index in [1.807, 2.05) is 51.1 Å². The van der Waals surface area contributed by atoms with Crippen molar-refractivity contribution in [1.29, 1.82) is 0 Å². The number of aliphatic hydroxyl groups is 1. The van der Waals surface area contributed by atoms with Gasteiger partial charge in [-0.15, -0.1) is 0 Å². The van der Waals surface area contributed by atoms with E-state index >= 15 is 0 Å². The minimum atomic E-state index is -3.76. The molecule has 33 heavy (non-hydrogen) atoms. The first kappa shape index (κ1) is 27.0. The third-order valence-corrected chi connectivity index (χ3v) is 7.07. The molecule has 4 atom stereocenters. The van der Waals surface area contributed by atoms with Crippen LogP contribution in [0.1, 0.15) is 38.8 Å². The van der Waals surface area contributed by atoms with Crippen molar-refractivity contribution in [2.24, 2.45) is 11.8 Å². The molecule has 0 saturated heterocycles. The van der Waals surface area contributed by atoms with Gasteiger partial charge in [0.05, 0.1) is 35.7 Å². The summed E-state index contributed by atoms with van der Waals surface area (Å²) in [4.78, 5) is 12.7. The number of sulfonamides is 1. The van der Waals surface area contributed by atoms with Crippen LogP contribution in [0.25, 0.3) is 0 Å². The van der Waals surface area contributed by atoms with Gasteiger partial charge >= 0.3 is 5.97 Å². The van der Waals surface area contributed by atoms with Crippen LogP contribution in [-0.4, -0.2) is 44.4 Å². The van der Waals surface area contributed by atoms with Crippen molar-refractivity contribution < 1.29 is 27.8 Å². The molecule has 0 aliphatic carbocycles. The van der Waals surface area contributed by atoms with E-state index in [9.17, 15) is 18.3 Å². The fourth-order valence-electron chi connectivity index (χ4n) is 3.10. The molecular weight excluding hydrogens is 442 g/mol. The summed E-state index contributed by atoms with van der Waals surface area (Å²) < 4.78 is 39.1. The number of aryl methyl sites for hydroxylation is 1. The van der Waals surface area contributed by atoms with Crippen molar-refractivity contribution in [2.45, 2.75) is 64.4 Å². The fraction of sp³-hybridized carbons (Fsp3) is 0.480. The predicted molar refractivity (Wildman–Crippen MR) is 127 cm³/mol. The largest absolute Gasteiger partial charge is 0.464 e. The summed E-state index contributed by atoms with van der Waals surface area (Å²) in [5.74, 6) is -1.57. The van der Waals surface area contributed by atoms with E-state index in [0.717, 1.165) is 11.1 Å². The van der Waals surface area contributed by atoms with Crippen LogP contribution < -0.4 is 4.72 Å². The number of carbonyl (C=O) groups is 1. The Morgan fingerprint density at radius 2 is 1.61 bits per heavy atom. The smallest absolute Gasteiger partial charge is 0.311 e. The van der Waals surface area contributed by atoms with E-state index in [2.05, 4.69) is 4.72 Å². The van der Waals surface area contributed by atoms with E-state index in [1.165, 1.54) is 12.1 Å². The standard InChI is InChI=1S/C25H35NO6S/c1-17(2)23(26-33(29,30)22-13-11-18(3)12-14-22)16-32-25(28)19(4)24(27)20(5)31-15-21-9-7-6-8-10-21/h6-14,17,19-20,23-24,26-27H,15-16H2,1-5H3/t19-,20+,23+,24-/m0/s1. The number of benzene rings is 2. The highest BCUT2D eigenvalue weighted by molar-refractivity contribution is 7.89. The van der Waals surface area contributed by atoms with Crippen LogP contribution in [0.2, 0.25) is 0 Å². The Balaban J connectivity index is 1.91. The molecule has 0 heterocycles. The van der Waals surface area contributed by atoms with Crippen LogP contribution in [0.4, 0.5) is 0 Å². The Bertz CT molecular complexity index is 976. The first-order valence-corrected chi connectivity index (χ1v) is 12.6. The monoisotopic (exact) mass is 477 g/mol. The second-order valence-electron chi connectivity index (χ2n) is 8.70. The average Bonchev–Trinajstić information content (AvgIpc) is 2.79. The second kappa shape index (κ2) is 12.3. The molecule has 0 fully saturated rings. The van der Waals surface area contributed by atoms with Gasteiger partial charge in [0.15, 0.2) is 0 Å². The Hall–Kier alpha value is -2.26. The summed E-state index contributed by atoms with van der Waals surface area (Å²) in [6, 6.07) is 15.5. The molecule has 182 valence electrons. The number of carbonyl (C=O) groups excluding carboxylic acids is 1. The quantitative estimate of drug-likeness (QED) is 0.454. The summed E-state index contributed by atoms with van der Waals surface area (Å²) in [7, 11) is -3.76. The molecule has 7 nitrogen and oxygen atoms in total. The molecule has 8 heteroatoms. The summed E-state index contributed by atoms with van der Waals surface area (Å²) >= 11 is 0. The molecule has 2 aromatic carbocycles. The van der Waals surface area contributed by atoms with Crippen LogP contribution in [0.5, 0.6) is 0 Å². The minimum absolute atomic E-state index is 0.119. The van der Waals surface area contributed by atoms with Gasteiger partial charge in [0.25, 0.3) is 0 Å². The molecule has 2 N–H and O–H groups in total. The molecule has 0 unspecified atom stereocenters. The van der Waals surface area contributed by atoms with Crippen molar-refractivity contribution in [1.82, 2.24) is 4.72 Å².